The van der Waals surface area contributed by atoms with Crippen molar-refractivity contribution < 1.29 is 0 Å². The second-order valence-corrected chi connectivity index (χ2v) is 3.30. The second-order valence-electron chi connectivity index (χ2n) is 3.30. The molecule has 0 saturated carbocycles. The van der Waals surface area contributed by atoms with E-state index in [1.54, 1.807) is 0 Å². The van der Waals surface area contributed by atoms with Crippen LogP contribution in [0.25, 0.3) is 0 Å². The molecule has 2 N–H and O–H groups in total. The molecule has 12 heavy (non-hydrogen) atoms. The molecule has 0 radical (unpaired) electrons. The third kappa shape index (κ3) is 0.914. The Morgan fingerprint density at radius 3 is 2.92 bits per heavy atom. The summed E-state index contributed by atoms with van der Waals surface area (Å²) in [5.74, 6) is 0.705. The molecule has 2 heterocycles. The molecule has 1 aliphatic heterocycles. The molecule has 4 nitrogen and oxygen atoms in total. The highest BCUT2D eigenvalue weighted by atomic mass is 15.3. The van der Waals surface area contributed by atoms with Crippen molar-refractivity contribution in [3.05, 3.63) is 11.3 Å². The molecule has 1 aliphatic rings. The van der Waals surface area contributed by atoms with Gasteiger partial charge in [-0.1, -0.05) is 0 Å². The van der Waals surface area contributed by atoms with Crippen LogP contribution in [0.15, 0.2) is 0 Å². The van der Waals surface area contributed by atoms with Crippen molar-refractivity contribution in [2.75, 3.05) is 12.8 Å². The van der Waals surface area contributed by atoms with Gasteiger partial charge in [0.1, 0.15) is 5.82 Å². The Morgan fingerprint density at radius 1 is 1.50 bits per heavy atom. The molecule has 0 aromatic carbocycles. The van der Waals surface area contributed by atoms with Crippen LogP contribution in [0, 0.1) is 0 Å². The molecule has 4 heteroatoms. The Kier molecular flexibility index (Phi) is 1.58. The number of rotatable bonds is 1. The predicted octanol–water partition coefficient (Wildman–Crippen LogP) is 0.431. The zero-order chi connectivity index (χ0) is 8.72. The van der Waals surface area contributed by atoms with Gasteiger partial charge in [0.25, 0.3) is 0 Å². The lowest BCUT2D eigenvalue weighted by molar-refractivity contribution is 0.342. The van der Waals surface area contributed by atoms with Gasteiger partial charge in [-0.15, -0.1) is 0 Å². The summed E-state index contributed by atoms with van der Waals surface area (Å²) in [5, 5.41) is 4.25. The maximum absolute atomic E-state index is 5.77. The highest BCUT2D eigenvalue weighted by Gasteiger charge is 2.23. The number of anilines is 1. The van der Waals surface area contributed by atoms with Crippen LogP contribution >= 0.6 is 0 Å². The van der Waals surface area contributed by atoms with Crippen LogP contribution in [0.4, 0.5) is 5.82 Å². The second kappa shape index (κ2) is 2.48. The Hall–Kier alpha value is -1.03. The third-order valence-corrected chi connectivity index (χ3v) is 2.34. The minimum Gasteiger partial charge on any atom is -0.382 e. The summed E-state index contributed by atoms with van der Waals surface area (Å²) in [6.45, 7) is 4.92. The first-order valence-corrected chi connectivity index (χ1v) is 4.25. The maximum atomic E-state index is 5.77. The number of hydrogen-bond acceptors (Lipinski definition) is 3. The third-order valence-electron chi connectivity index (χ3n) is 2.34. The molecule has 0 spiro atoms. The first kappa shape index (κ1) is 7.61. The summed E-state index contributed by atoms with van der Waals surface area (Å²) in [6, 6.07) is 0. The van der Waals surface area contributed by atoms with Gasteiger partial charge in [-0.2, -0.15) is 5.10 Å². The average molecular weight is 166 g/mol. The summed E-state index contributed by atoms with van der Waals surface area (Å²) < 4.78 is 1.99. The van der Waals surface area contributed by atoms with Crippen LogP contribution in [0.1, 0.15) is 18.2 Å². The van der Waals surface area contributed by atoms with E-state index in [1.165, 1.54) is 11.3 Å². The molecule has 0 bridgehead atoms. The van der Waals surface area contributed by atoms with Crippen molar-refractivity contribution in [2.24, 2.45) is 0 Å². The molecule has 0 fully saturated rings. The highest BCUT2D eigenvalue weighted by molar-refractivity contribution is 5.44. The standard InChI is InChI=1S/C8H14N4/c1-3-12-7-5-11(2)4-6(7)8(9)10-12/h3-5H2,1-2H3,(H2,9,10). The summed E-state index contributed by atoms with van der Waals surface area (Å²) in [6.07, 6.45) is 0. The summed E-state index contributed by atoms with van der Waals surface area (Å²) in [7, 11) is 2.10. The van der Waals surface area contributed by atoms with Gasteiger partial charge in [0, 0.05) is 25.2 Å². The highest BCUT2D eigenvalue weighted by Crippen LogP contribution is 2.25. The van der Waals surface area contributed by atoms with Gasteiger partial charge in [0.05, 0.1) is 5.69 Å². The molecular weight excluding hydrogens is 152 g/mol. The van der Waals surface area contributed by atoms with Crippen molar-refractivity contribution in [2.45, 2.75) is 26.6 Å². The minimum absolute atomic E-state index is 0.705. The summed E-state index contributed by atoms with van der Waals surface area (Å²) in [5.41, 5.74) is 8.28. The van der Waals surface area contributed by atoms with Gasteiger partial charge in [-0.05, 0) is 14.0 Å². The van der Waals surface area contributed by atoms with E-state index in [4.69, 9.17) is 5.73 Å². The monoisotopic (exact) mass is 166 g/mol. The van der Waals surface area contributed by atoms with Crippen LogP contribution in [-0.2, 0) is 19.6 Å². The molecule has 2 rings (SSSR count). The zero-order valence-electron chi connectivity index (χ0n) is 7.54. The van der Waals surface area contributed by atoms with E-state index in [2.05, 4.69) is 24.0 Å². The fourth-order valence-corrected chi connectivity index (χ4v) is 1.75. The van der Waals surface area contributed by atoms with Gasteiger partial charge >= 0.3 is 0 Å². The molecule has 0 amide bonds. The lowest BCUT2D eigenvalue weighted by atomic mass is 10.3. The fourth-order valence-electron chi connectivity index (χ4n) is 1.75. The SMILES string of the molecule is CCn1nc(N)c2c1CN(C)C2. The van der Waals surface area contributed by atoms with E-state index in [-0.39, 0.29) is 0 Å². The number of nitrogen functional groups attached to an aromatic ring is 1. The van der Waals surface area contributed by atoms with Gasteiger partial charge in [-0.25, -0.2) is 0 Å². The molecule has 0 atom stereocenters. The Morgan fingerprint density at radius 2 is 2.25 bits per heavy atom. The number of nitrogens with two attached hydrogens (primary N) is 1. The Balaban J connectivity index is 2.45. The van der Waals surface area contributed by atoms with Gasteiger partial charge in [0.15, 0.2) is 0 Å². The molecular formula is C8H14N4. The van der Waals surface area contributed by atoms with E-state index in [9.17, 15) is 0 Å². The van der Waals surface area contributed by atoms with E-state index in [0.717, 1.165) is 19.6 Å². The molecule has 0 unspecified atom stereocenters. The molecule has 1 aromatic heterocycles. The lowest BCUT2D eigenvalue weighted by Crippen LogP contribution is -2.12. The van der Waals surface area contributed by atoms with E-state index < -0.39 is 0 Å². The van der Waals surface area contributed by atoms with E-state index in [0.29, 0.717) is 5.82 Å². The van der Waals surface area contributed by atoms with Gasteiger partial charge < -0.3 is 5.73 Å². The number of fused-ring (bicyclic) bond motifs is 1. The van der Waals surface area contributed by atoms with Crippen molar-refractivity contribution in [1.82, 2.24) is 14.7 Å². The van der Waals surface area contributed by atoms with Gasteiger partial charge in [0.2, 0.25) is 0 Å². The van der Waals surface area contributed by atoms with Crippen molar-refractivity contribution in [3.63, 3.8) is 0 Å². The summed E-state index contributed by atoms with van der Waals surface area (Å²) >= 11 is 0. The first-order chi connectivity index (χ1) is 5.72. The largest absolute Gasteiger partial charge is 0.382 e. The zero-order valence-corrected chi connectivity index (χ0v) is 7.54. The quantitative estimate of drug-likeness (QED) is 0.658. The van der Waals surface area contributed by atoms with Crippen molar-refractivity contribution in [1.29, 1.82) is 0 Å². The smallest absolute Gasteiger partial charge is 0.150 e. The van der Waals surface area contributed by atoms with Crippen LogP contribution in [-0.4, -0.2) is 21.7 Å². The number of nitrogens with zero attached hydrogens (tertiary/aromatic N) is 3. The number of aromatic nitrogens is 2. The minimum atomic E-state index is 0.705. The number of hydrogen-bond donors (Lipinski definition) is 1. The fraction of sp³-hybridized carbons (Fsp3) is 0.625. The molecule has 66 valence electrons. The predicted molar refractivity (Wildman–Crippen MR) is 47.5 cm³/mol. The maximum Gasteiger partial charge on any atom is 0.150 e. The van der Waals surface area contributed by atoms with E-state index >= 15 is 0 Å². The topological polar surface area (TPSA) is 47.1 Å². The van der Waals surface area contributed by atoms with Crippen LogP contribution in [0.5, 0.6) is 0 Å². The van der Waals surface area contributed by atoms with Crippen molar-refractivity contribution in [3.8, 4) is 0 Å². The molecule has 0 aliphatic carbocycles. The Bertz CT molecular complexity index is 302. The van der Waals surface area contributed by atoms with Crippen LogP contribution < -0.4 is 5.73 Å². The molecule has 1 aromatic rings. The first-order valence-electron chi connectivity index (χ1n) is 4.25. The summed E-state index contributed by atoms with van der Waals surface area (Å²) in [4.78, 5) is 2.24. The van der Waals surface area contributed by atoms with E-state index in [1.807, 2.05) is 4.68 Å². The number of aryl methyl sites for hydroxylation is 1. The van der Waals surface area contributed by atoms with Crippen LogP contribution in [0.2, 0.25) is 0 Å². The average Bonchev–Trinajstić information content (AvgIpc) is 2.52. The van der Waals surface area contributed by atoms with Gasteiger partial charge in [-0.3, -0.25) is 9.58 Å². The normalized spacial score (nSPS) is 16.8. The van der Waals surface area contributed by atoms with Crippen LogP contribution in [0.3, 0.4) is 0 Å². The lowest BCUT2D eigenvalue weighted by Gasteiger charge is -2.06. The molecule has 0 saturated heterocycles. The Labute approximate surface area is 72.0 Å². The van der Waals surface area contributed by atoms with Crippen molar-refractivity contribution >= 4 is 5.82 Å².